The Morgan fingerprint density at radius 3 is 1.30 bits per heavy atom. The van der Waals surface area contributed by atoms with E-state index >= 15 is 0 Å². The SMILES string of the molecule is CCCCCCCCC/C=C\CCCCCCCCCC(=O)OCCCCCCCCCCCCCCCCCCCCCC(=O)NC(COC1OC(CO)C(O)C(O)C1O)C(O)/C=C/CCCCCCCCC. The van der Waals surface area contributed by atoms with Crippen LogP contribution in [0.25, 0.3) is 0 Å². The number of carbonyl (C=O) groups is 2. The van der Waals surface area contributed by atoms with Crippen molar-refractivity contribution in [3.05, 3.63) is 24.3 Å². The van der Waals surface area contributed by atoms with Gasteiger partial charge in [-0.05, 0) is 57.8 Å². The van der Waals surface area contributed by atoms with E-state index in [0.717, 1.165) is 64.2 Å². The Morgan fingerprint density at radius 1 is 0.486 bits per heavy atom. The lowest BCUT2D eigenvalue weighted by atomic mass is 9.99. The van der Waals surface area contributed by atoms with Gasteiger partial charge in [-0.1, -0.05) is 256 Å². The van der Waals surface area contributed by atoms with E-state index in [1.54, 1.807) is 6.08 Å². The lowest BCUT2D eigenvalue weighted by Gasteiger charge is -2.40. The van der Waals surface area contributed by atoms with Crippen molar-refractivity contribution < 1.29 is 49.3 Å². The molecule has 0 aromatic rings. The first kappa shape index (κ1) is 70.2. The molecule has 1 aliphatic rings. The molecule has 436 valence electrons. The van der Waals surface area contributed by atoms with Crippen LogP contribution >= 0.6 is 0 Å². The molecule has 0 spiro atoms. The van der Waals surface area contributed by atoms with Gasteiger partial charge in [0.05, 0.1) is 32.0 Å². The second-order valence-corrected chi connectivity index (χ2v) is 22.1. The molecule has 0 aliphatic carbocycles. The van der Waals surface area contributed by atoms with Crippen LogP contribution in [0.3, 0.4) is 0 Å². The molecule has 11 nitrogen and oxygen atoms in total. The fourth-order valence-corrected chi connectivity index (χ4v) is 10.0. The second kappa shape index (κ2) is 53.2. The Bertz CT molecular complexity index is 1280. The fraction of sp³-hybridized carbons (Fsp3) is 0.905. The maximum absolute atomic E-state index is 13.0. The van der Waals surface area contributed by atoms with Gasteiger partial charge in [0.15, 0.2) is 6.29 Å². The van der Waals surface area contributed by atoms with E-state index in [0.29, 0.717) is 19.4 Å². The van der Waals surface area contributed by atoms with Gasteiger partial charge in [0.2, 0.25) is 5.91 Å². The van der Waals surface area contributed by atoms with Crippen molar-refractivity contribution in [3.8, 4) is 0 Å². The highest BCUT2D eigenvalue weighted by Gasteiger charge is 2.44. The molecule has 6 N–H and O–H groups in total. The quantitative estimate of drug-likeness (QED) is 0.0195. The second-order valence-electron chi connectivity index (χ2n) is 22.1. The van der Waals surface area contributed by atoms with Crippen molar-refractivity contribution in [2.45, 2.75) is 346 Å². The van der Waals surface area contributed by atoms with Crippen LogP contribution in [-0.4, -0.2) is 100 Å². The van der Waals surface area contributed by atoms with Crippen molar-refractivity contribution in [1.29, 1.82) is 0 Å². The van der Waals surface area contributed by atoms with Crippen LogP contribution in [-0.2, 0) is 23.8 Å². The van der Waals surface area contributed by atoms with Crippen LogP contribution in [0.5, 0.6) is 0 Å². The summed E-state index contributed by atoms with van der Waals surface area (Å²) >= 11 is 0. The van der Waals surface area contributed by atoms with E-state index in [1.807, 2.05) is 6.08 Å². The smallest absolute Gasteiger partial charge is 0.305 e. The molecule has 7 unspecified atom stereocenters. The summed E-state index contributed by atoms with van der Waals surface area (Å²) in [6, 6.07) is -0.810. The monoisotopic (exact) mass is 1050 g/mol. The summed E-state index contributed by atoms with van der Waals surface area (Å²) in [6.07, 6.45) is 54.3. The number of nitrogens with one attached hydrogen (secondary N) is 1. The molecule has 1 amide bonds. The highest BCUT2D eigenvalue weighted by Crippen LogP contribution is 2.23. The van der Waals surface area contributed by atoms with E-state index in [2.05, 4.69) is 31.3 Å². The molecule has 1 fully saturated rings. The molecular weight excluding hydrogens is 931 g/mol. The number of ether oxygens (including phenoxy) is 3. The third-order valence-corrected chi connectivity index (χ3v) is 15.1. The normalized spacial score (nSPS) is 18.9. The molecule has 1 heterocycles. The van der Waals surface area contributed by atoms with Gasteiger partial charge in [-0.2, -0.15) is 0 Å². The predicted molar refractivity (Wildman–Crippen MR) is 306 cm³/mol. The van der Waals surface area contributed by atoms with E-state index in [9.17, 15) is 35.1 Å². The average Bonchev–Trinajstić information content (AvgIpc) is 3.40. The molecule has 0 aromatic carbocycles. The lowest BCUT2D eigenvalue weighted by molar-refractivity contribution is -0.302. The average molecular weight is 1050 g/mol. The molecule has 0 radical (unpaired) electrons. The number of hydrogen-bond donors (Lipinski definition) is 6. The molecule has 7 atom stereocenters. The van der Waals surface area contributed by atoms with Gasteiger partial charge in [0.1, 0.15) is 24.4 Å². The Hall–Kier alpha value is -1.86. The van der Waals surface area contributed by atoms with Gasteiger partial charge in [-0.25, -0.2) is 0 Å². The van der Waals surface area contributed by atoms with Gasteiger partial charge < -0.3 is 45.1 Å². The molecule has 1 rings (SSSR count). The molecule has 1 aliphatic heterocycles. The highest BCUT2D eigenvalue weighted by molar-refractivity contribution is 5.76. The summed E-state index contributed by atoms with van der Waals surface area (Å²) in [7, 11) is 0. The summed E-state index contributed by atoms with van der Waals surface area (Å²) in [4.78, 5) is 25.1. The fourth-order valence-electron chi connectivity index (χ4n) is 10.0. The van der Waals surface area contributed by atoms with Crippen LogP contribution in [0, 0.1) is 0 Å². The van der Waals surface area contributed by atoms with E-state index in [-0.39, 0.29) is 18.5 Å². The van der Waals surface area contributed by atoms with E-state index in [4.69, 9.17) is 14.2 Å². The summed E-state index contributed by atoms with van der Waals surface area (Å²) < 4.78 is 16.7. The van der Waals surface area contributed by atoms with Crippen LogP contribution in [0.2, 0.25) is 0 Å². The van der Waals surface area contributed by atoms with E-state index < -0.39 is 49.5 Å². The van der Waals surface area contributed by atoms with E-state index in [1.165, 1.54) is 212 Å². The maximum atomic E-state index is 13.0. The third-order valence-electron chi connectivity index (χ3n) is 15.1. The minimum absolute atomic E-state index is 0.00846. The van der Waals surface area contributed by atoms with Crippen LogP contribution < -0.4 is 5.32 Å². The van der Waals surface area contributed by atoms with Crippen LogP contribution in [0.4, 0.5) is 0 Å². The molecule has 0 bridgehead atoms. The van der Waals surface area contributed by atoms with Crippen LogP contribution in [0.1, 0.15) is 303 Å². The minimum Gasteiger partial charge on any atom is -0.466 e. The first-order chi connectivity index (χ1) is 36.2. The highest BCUT2D eigenvalue weighted by atomic mass is 16.7. The Balaban J connectivity index is 1.97. The van der Waals surface area contributed by atoms with Crippen molar-refractivity contribution in [2.75, 3.05) is 19.8 Å². The zero-order chi connectivity index (χ0) is 53.8. The molecule has 0 aromatic heterocycles. The Labute approximate surface area is 454 Å². The van der Waals surface area contributed by atoms with Gasteiger partial charge in [-0.3, -0.25) is 9.59 Å². The molecule has 1 saturated heterocycles. The number of allylic oxidation sites excluding steroid dienone is 3. The van der Waals surface area contributed by atoms with Gasteiger partial charge in [0.25, 0.3) is 0 Å². The molecule has 0 saturated carbocycles. The number of carbonyl (C=O) groups excluding carboxylic acids is 2. The first-order valence-electron chi connectivity index (χ1n) is 31.6. The molecule has 74 heavy (non-hydrogen) atoms. The van der Waals surface area contributed by atoms with Gasteiger partial charge in [0, 0.05) is 12.8 Å². The molecule has 11 heteroatoms. The Kier molecular flexibility index (Phi) is 50.4. The van der Waals surface area contributed by atoms with Crippen molar-refractivity contribution in [3.63, 3.8) is 0 Å². The number of aliphatic hydroxyl groups excluding tert-OH is 5. The largest absolute Gasteiger partial charge is 0.466 e. The maximum Gasteiger partial charge on any atom is 0.305 e. The standard InChI is InChI=1S/C63H119NO10/c1-3-5-7-9-11-13-14-15-16-17-22-25-28-31-35-39-43-47-51-59(68)72-52-48-44-40-36-32-29-26-23-20-18-19-21-24-27-30-34-38-42-46-50-58(67)64-55(56(66)49-45-41-37-33-12-10-8-6-4-2)54-73-63-62(71)61(70)60(69)57(53-65)74-63/h16-17,45,49,55-57,60-63,65-66,69-71H,3-15,18-44,46-48,50-54H2,1-2H3,(H,64,67)/b17-16-,49-45+. The number of hydrogen-bond acceptors (Lipinski definition) is 10. The number of aliphatic hydroxyl groups is 5. The Morgan fingerprint density at radius 2 is 0.865 bits per heavy atom. The van der Waals surface area contributed by atoms with Gasteiger partial charge in [-0.15, -0.1) is 0 Å². The zero-order valence-corrected chi connectivity index (χ0v) is 48.1. The van der Waals surface area contributed by atoms with Crippen molar-refractivity contribution in [2.24, 2.45) is 0 Å². The van der Waals surface area contributed by atoms with Crippen molar-refractivity contribution >= 4 is 11.9 Å². The number of unbranched alkanes of at least 4 members (excludes halogenated alkanes) is 39. The number of amides is 1. The number of rotatable bonds is 55. The summed E-state index contributed by atoms with van der Waals surface area (Å²) in [5, 5.41) is 54.2. The molecular formula is C63H119NO10. The lowest BCUT2D eigenvalue weighted by Crippen LogP contribution is -2.60. The summed E-state index contributed by atoms with van der Waals surface area (Å²) in [5.41, 5.74) is 0. The van der Waals surface area contributed by atoms with Gasteiger partial charge >= 0.3 is 5.97 Å². The predicted octanol–water partition coefficient (Wildman–Crippen LogP) is 14.9. The van der Waals surface area contributed by atoms with Crippen LogP contribution in [0.15, 0.2) is 24.3 Å². The topological polar surface area (TPSA) is 175 Å². The minimum atomic E-state index is -1.57. The first-order valence-corrected chi connectivity index (χ1v) is 31.6. The third kappa shape index (κ3) is 42.2. The summed E-state index contributed by atoms with van der Waals surface area (Å²) in [5.74, 6) is -0.194. The van der Waals surface area contributed by atoms with Crippen molar-refractivity contribution in [1.82, 2.24) is 5.32 Å². The number of esters is 1. The summed E-state index contributed by atoms with van der Waals surface area (Å²) in [6.45, 7) is 4.31. The zero-order valence-electron chi connectivity index (χ0n) is 48.1.